The van der Waals surface area contributed by atoms with Crippen LogP contribution in [0.25, 0.3) is 5.69 Å². The van der Waals surface area contributed by atoms with Gasteiger partial charge in [0.2, 0.25) is 0 Å². The Bertz CT molecular complexity index is 823. The molecule has 0 aliphatic carbocycles. The highest BCUT2D eigenvalue weighted by Crippen LogP contribution is 2.10. The molecule has 0 saturated heterocycles. The predicted molar refractivity (Wildman–Crippen MR) is 87.2 cm³/mol. The molecular weight excluding hydrogens is 293 g/mol. The molecule has 0 radical (unpaired) electrons. The van der Waals surface area contributed by atoms with E-state index in [0.717, 1.165) is 11.4 Å². The Morgan fingerprint density at radius 3 is 2.48 bits per heavy atom. The summed E-state index contributed by atoms with van der Waals surface area (Å²) in [5.41, 5.74) is 4.61. The number of benzene rings is 2. The Kier molecular flexibility index (Phi) is 4.29. The van der Waals surface area contributed by atoms with E-state index < -0.39 is 0 Å². The second kappa shape index (κ2) is 6.70. The van der Waals surface area contributed by atoms with Crippen LogP contribution < -0.4 is 5.43 Å². The molecule has 0 saturated carbocycles. The van der Waals surface area contributed by atoms with Crippen LogP contribution in [0.5, 0.6) is 0 Å². The summed E-state index contributed by atoms with van der Waals surface area (Å²) in [6, 6.07) is 18.9. The van der Waals surface area contributed by atoms with Gasteiger partial charge in [-0.15, -0.1) is 0 Å². The number of hydrogen-bond donors (Lipinski definition) is 1. The number of amides is 1. The number of hydrazone groups is 1. The highest BCUT2D eigenvalue weighted by molar-refractivity contribution is 5.94. The van der Waals surface area contributed by atoms with Gasteiger partial charge in [0.15, 0.2) is 0 Å². The van der Waals surface area contributed by atoms with Crippen molar-refractivity contribution in [2.45, 2.75) is 0 Å². The molecule has 1 amide bonds. The van der Waals surface area contributed by atoms with Crippen molar-refractivity contribution < 1.29 is 9.18 Å². The molecule has 23 heavy (non-hydrogen) atoms. The SMILES string of the molecule is O=C(NN=Cc1cccn1-c1ccccc1)c1ccc(F)cc1. The maximum absolute atomic E-state index is 12.8. The Morgan fingerprint density at radius 1 is 1.00 bits per heavy atom. The molecule has 0 bridgehead atoms. The van der Waals surface area contributed by atoms with E-state index in [-0.39, 0.29) is 11.7 Å². The van der Waals surface area contributed by atoms with E-state index in [4.69, 9.17) is 0 Å². The summed E-state index contributed by atoms with van der Waals surface area (Å²) in [7, 11) is 0. The van der Waals surface area contributed by atoms with E-state index in [1.54, 1.807) is 6.21 Å². The van der Waals surface area contributed by atoms with Crippen LogP contribution in [0, 0.1) is 5.82 Å². The highest BCUT2D eigenvalue weighted by atomic mass is 19.1. The molecule has 1 aromatic heterocycles. The van der Waals surface area contributed by atoms with Gasteiger partial charge < -0.3 is 4.57 Å². The third kappa shape index (κ3) is 3.52. The van der Waals surface area contributed by atoms with E-state index in [9.17, 15) is 9.18 Å². The molecule has 0 unspecified atom stereocenters. The molecule has 0 aliphatic heterocycles. The Hall–Kier alpha value is -3.21. The topological polar surface area (TPSA) is 46.4 Å². The summed E-state index contributed by atoms with van der Waals surface area (Å²) in [5.74, 6) is -0.773. The van der Waals surface area contributed by atoms with Crippen LogP contribution in [0.4, 0.5) is 4.39 Å². The fourth-order valence-corrected chi connectivity index (χ4v) is 2.15. The summed E-state index contributed by atoms with van der Waals surface area (Å²) < 4.78 is 14.8. The lowest BCUT2D eigenvalue weighted by Crippen LogP contribution is -2.17. The van der Waals surface area contributed by atoms with Gasteiger partial charge in [-0.3, -0.25) is 4.79 Å². The molecule has 1 N–H and O–H groups in total. The minimum atomic E-state index is -0.390. The first kappa shape index (κ1) is 14.7. The van der Waals surface area contributed by atoms with Crippen molar-refractivity contribution in [3.05, 3.63) is 90.0 Å². The van der Waals surface area contributed by atoms with Crippen LogP contribution in [0.3, 0.4) is 0 Å². The van der Waals surface area contributed by atoms with Gasteiger partial charge in [0.05, 0.1) is 11.9 Å². The van der Waals surface area contributed by atoms with Gasteiger partial charge >= 0.3 is 0 Å². The molecule has 0 fully saturated rings. The summed E-state index contributed by atoms with van der Waals surface area (Å²) in [6.07, 6.45) is 3.48. The Labute approximate surface area is 132 Å². The van der Waals surface area contributed by atoms with E-state index in [0.29, 0.717) is 5.56 Å². The molecule has 0 atom stereocenters. The summed E-state index contributed by atoms with van der Waals surface area (Å²) in [5, 5.41) is 3.96. The molecule has 0 aliphatic rings. The van der Waals surface area contributed by atoms with Crippen molar-refractivity contribution in [3.63, 3.8) is 0 Å². The standard InChI is InChI=1S/C18H14FN3O/c19-15-10-8-14(9-11-15)18(23)21-20-13-17-7-4-12-22(17)16-5-2-1-3-6-16/h1-13H,(H,21,23). The number of rotatable bonds is 4. The molecule has 2 aromatic carbocycles. The second-order valence-corrected chi connectivity index (χ2v) is 4.84. The van der Waals surface area contributed by atoms with Crippen LogP contribution in [0.2, 0.25) is 0 Å². The monoisotopic (exact) mass is 307 g/mol. The molecule has 5 heteroatoms. The number of carbonyl (C=O) groups excluding carboxylic acids is 1. The van der Waals surface area contributed by atoms with Gasteiger partial charge in [-0.25, -0.2) is 9.82 Å². The fourth-order valence-electron chi connectivity index (χ4n) is 2.15. The zero-order valence-electron chi connectivity index (χ0n) is 12.2. The molecule has 0 spiro atoms. The largest absolute Gasteiger partial charge is 0.316 e. The second-order valence-electron chi connectivity index (χ2n) is 4.84. The average Bonchev–Trinajstić information content (AvgIpc) is 3.05. The Balaban J connectivity index is 1.71. The molecule has 1 heterocycles. The minimum absolute atomic E-state index is 0.349. The first-order chi connectivity index (χ1) is 11.2. The molecule has 4 nitrogen and oxygen atoms in total. The normalized spacial score (nSPS) is 10.8. The first-order valence-electron chi connectivity index (χ1n) is 7.06. The van der Waals surface area contributed by atoms with Crippen molar-refractivity contribution in [3.8, 4) is 5.69 Å². The lowest BCUT2D eigenvalue weighted by atomic mass is 10.2. The zero-order chi connectivity index (χ0) is 16.1. The quantitative estimate of drug-likeness (QED) is 0.583. The van der Waals surface area contributed by atoms with Gasteiger partial charge in [-0.05, 0) is 48.5 Å². The van der Waals surface area contributed by atoms with Crippen molar-refractivity contribution in [2.24, 2.45) is 5.10 Å². The van der Waals surface area contributed by atoms with Crippen molar-refractivity contribution in [1.82, 2.24) is 9.99 Å². The van der Waals surface area contributed by atoms with Crippen LogP contribution in [-0.4, -0.2) is 16.7 Å². The first-order valence-corrected chi connectivity index (χ1v) is 7.06. The summed E-state index contributed by atoms with van der Waals surface area (Å²) in [4.78, 5) is 11.9. The minimum Gasteiger partial charge on any atom is -0.316 e. The van der Waals surface area contributed by atoms with Crippen molar-refractivity contribution in [1.29, 1.82) is 0 Å². The smallest absolute Gasteiger partial charge is 0.271 e. The van der Waals surface area contributed by atoms with E-state index in [1.807, 2.05) is 53.2 Å². The van der Waals surface area contributed by atoms with E-state index in [2.05, 4.69) is 10.5 Å². The van der Waals surface area contributed by atoms with E-state index in [1.165, 1.54) is 24.3 Å². The average molecular weight is 307 g/mol. The molecular formula is C18H14FN3O. The van der Waals surface area contributed by atoms with Crippen LogP contribution in [-0.2, 0) is 0 Å². The van der Waals surface area contributed by atoms with Gasteiger partial charge in [-0.2, -0.15) is 5.10 Å². The number of carbonyl (C=O) groups is 1. The Morgan fingerprint density at radius 2 is 1.74 bits per heavy atom. The number of para-hydroxylation sites is 1. The van der Waals surface area contributed by atoms with E-state index >= 15 is 0 Å². The third-order valence-electron chi connectivity index (χ3n) is 3.28. The maximum atomic E-state index is 12.8. The van der Waals surface area contributed by atoms with Crippen LogP contribution in [0.1, 0.15) is 16.1 Å². The number of hydrogen-bond acceptors (Lipinski definition) is 2. The highest BCUT2D eigenvalue weighted by Gasteiger charge is 2.04. The van der Waals surface area contributed by atoms with Crippen molar-refractivity contribution >= 4 is 12.1 Å². The molecule has 114 valence electrons. The van der Waals surface area contributed by atoms with Crippen LogP contribution in [0.15, 0.2) is 78.0 Å². The zero-order valence-corrected chi connectivity index (χ0v) is 12.2. The summed E-state index contributed by atoms with van der Waals surface area (Å²) >= 11 is 0. The van der Waals surface area contributed by atoms with Gasteiger partial charge in [0.25, 0.3) is 5.91 Å². The number of aromatic nitrogens is 1. The van der Waals surface area contributed by atoms with Gasteiger partial charge in [0, 0.05) is 17.4 Å². The fraction of sp³-hybridized carbons (Fsp3) is 0. The van der Waals surface area contributed by atoms with Gasteiger partial charge in [-0.1, -0.05) is 18.2 Å². The third-order valence-corrected chi connectivity index (χ3v) is 3.28. The predicted octanol–water partition coefficient (Wildman–Crippen LogP) is 3.38. The van der Waals surface area contributed by atoms with Crippen LogP contribution >= 0.6 is 0 Å². The summed E-state index contributed by atoms with van der Waals surface area (Å²) in [6.45, 7) is 0. The molecule has 3 rings (SSSR count). The van der Waals surface area contributed by atoms with Gasteiger partial charge in [0.1, 0.15) is 5.82 Å². The molecule has 3 aromatic rings. The number of nitrogens with one attached hydrogen (secondary N) is 1. The number of nitrogens with zero attached hydrogens (tertiary/aromatic N) is 2. The van der Waals surface area contributed by atoms with Crippen molar-refractivity contribution in [2.75, 3.05) is 0 Å². The maximum Gasteiger partial charge on any atom is 0.271 e. The lowest BCUT2D eigenvalue weighted by molar-refractivity contribution is 0.0955. The lowest BCUT2D eigenvalue weighted by Gasteiger charge is -2.05. The number of halogens is 1.